The van der Waals surface area contributed by atoms with Gasteiger partial charge in [0.15, 0.2) is 5.96 Å². The van der Waals surface area contributed by atoms with Gasteiger partial charge in [0.05, 0.1) is 23.9 Å². The van der Waals surface area contributed by atoms with Crippen molar-refractivity contribution in [1.82, 2.24) is 9.80 Å². The molecule has 2 aromatic rings. The van der Waals surface area contributed by atoms with Crippen LogP contribution in [0.25, 0.3) is 0 Å². The van der Waals surface area contributed by atoms with E-state index in [9.17, 15) is 14.7 Å². The maximum absolute atomic E-state index is 12.8. The lowest BCUT2D eigenvalue weighted by molar-refractivity contribution is -0.145. The highest BCUT2D eigenvalue weighted by Crippen LogP contribution is 2.33. The largest absolute Gasteiger partial charge is 0.493 e. The molecular weight excluding hydrogens is 532 g/mol. The minimum Gasteiger partial charge on any atom is -0.493 e. The van der Waals surface area contributed by atoms with Crippen LogP contribution in [0, 0.1) is 0 Å². The number of hydrogen-bond donors (Lipinski definition) is 2. The molecule has 1 heterocycles. The number of unbranched alkanes of at least 4 members (excludes halogenated alkanes) is 2. The normalized spacial score (nSPS) is 16.1. The molecule has 2 aliphatic rings. The minimum absolute atomic E-state index is 0.0311. The molecule has 0 spiro atoms. The Hall–Kier alpha value is -3.30. The topological polar surface area (TPSA) is 118 Å². The number of aliphatic imine (C=N–C) groups is 1. The highest BCUT2D eigenvalue weighted by Gasteiger charge is 2.28. The lowest BCUT2D eigenvalue weighted by Gasteiger charge is -2.36. The van der Waals surface area contributed by atoms with Crippen LogP contribution in [0.2, 0.25) is 5.02 Å². The van der Waals surface area contributed by atoms with Crippen molar-refractivity contribution in [2.75, 3.05) is 13.2 Å². The molecule has 1 fully saturated rings. The summed E-state index contributed by atoms with van der Waals surface area (Å²) in [4.78, 5) is 33.2. The quantitative estimate of drug-likeness (QED) is 0.157. The number of fused-ring (bicyclic) bond motifs is 1. The Balaban J connectivity index is 1.24. The van der Waals surface area contributed by atoms with Crippen molar-refractivity contribution >= 4 is 35.1 Å². The first-order valence-corrected chi connectivity index (χ1v) is 14.5. The number of aliphatic hydroxyl groups excluding tert-OH is 1. The van der Waals surface area contributed by atoms with Crippen molar-refractivity contribution < 1.29 is 24.2 Å². The number of nitrogens with zero attached hydrogens (tertiary/aromatic N) is 3. The zero-order valence-electron chi connectivity index (χ0n) is 23.1. The number of rotatable bonds is 12. The average Bonchev–Trinajstić information content (AvgIpc) is 2.93. The van der Waals surface area contributed by atoms with Crippen LogP contribution in [0.4, 0.5) is 5.69 Å². The summed E-state index contributed by atoms with van der Waals surface area (Å²) in [5.74, 6) is 0.737. The van der Waals surface area contributed by atoms with E-state index in [1.165, 1.54) is 6.42 Å². The zero-order valence-corrected chi connectivity index (χ0v) is 23.8. The van der Waals surface area contributed by atoms with E-state index < -0.39 is 12.2 Å². The Bertz CT molecular complexity index is 1200. The molecule has 3 N–H and O–H groups in total. The van der Waals surface area contributed by atoms with Crippen molar-refractivity contribution in [2.24, 2.45) is 10.7 Å². The number of halogens is 1. The van der Waals surface area contributed by atoms with Gasteiger partial charge < -0.3 is 30.1 Å². The molecule has 1 atom stereocenters. The summed E-state index contributed by atoms with van der Waals surface area (Å²) in [6, 6.07) is 12.5. The summed E-state index contributed by atoms with van der Waals surface area (Å²) in [6.07, 6.45) is 7.42. The Kier molecular flexibility index (Phi) is 10.7. The van der Waals surface area contributed by atoms with Crippen LogP contribution < -0.4 is 15.2 Å². The van der Waals surface area contributed by atoms with Gasteiger partial charge in [0.25, 0.3) is 0 Å². The van der Waals surface area contributed by atoms with Crippen LogP contribution in [-0.4, -0.2) is 58.2 Å². The second-order valence-corrected chi connectivity index (χ2v) is 10.8. The van der Waals surface area contributed by atoms with E-state index >= 15 is 0 Å². The third-order valence-electron chi connectivity index (χ3n) is 7.35. The second-order valence-electron chi connectivity index (χ2n) is 10.4. The highest BCUT2D eigenvalue weighted by atomic mass is 35.5. The molecule has 40 heavy (non-hydrogen) atoms. The van der Waals surface area contributed by atoms with E-state index in [2.05, 4.69) is 4.99 Å². The Morgan fingerprint density at radius 2 is 1.85 bits per heavy atom. The molecule has 0 bridgehead atoms. The zero-order chi connectivity index (χ0) is 28.5. The number of para-hydroxylation sites is 1. The number of benzene rings is 2. The molecule has 0 radical (unpaired) electrons. The average molecular weight is 571 g/mol. The lowest BCUT2D eigenvalue weighted by Crippen LogP contribution is -2.46. The summed E-state index contributed by atoms with van der Waals surface area (Å²) in [5.41, 5.74) is 7.69. The monoisotopic (exact) mass is 570 g/mol. The first-order chi connectivity index (χ1) is 19.3. The number of nitrogens with two attached hydrogens (primary N) is 1. The molecule has 2 aromatic carbocycles. The fourth-order valence-electron chi connectivity index (χ4n) is 5.34. The van der Waals surface area contributed by atoms with Gasteiger partial charge in [-0.2, -0.15) is 0 Å². The van der Waals surface area contributed by atoms with Crippen LogP contribution in [0.5, 0.6) is 11.5 Å². The van der Waals surface area contributed by atoms with Gasteiger partial charge in [-0.15, -0.1) is 0 Å². The molecule has 1 aliphatic heterocycles. The standard InChI is InChI=1S/C30H39ClN4O5/c1-21(36)35(22-11-4-2-5-12-22)28(37)17-6-3-9-18-39-26-16-10-14-25-23(26)19-34(30(32)33-25)20-29(38)40-27-15-8-7-13-24(27)31/h7-8,10,13-16,21-22,36H,2-6,9,11-12,17-20H2,1H3,(H2,32,33). The number of hydrogen-bond acceptors (Lipinski definition) is 8. The van der Waals surface area contributed by atoms with E-state index in [4.69, 9.17) is 26.8 Å². The molecule has 0 aromatic heterocycles. The van der Waals surface area contributed by atoms with Crippen LogP contribution in [0.3, 0.4) is 0 Å². The Morgan fingerprint density at radius 1 is 1.10 bits per heavy atom. The predicted molar refractivity (Wildman–Crippen MR) is 155 cm³/mol. The molecule has 1 saturated carbocycles. The third-order valence-corrected chi connectivity index (χ3v) is 7.66. The van der Waals surface area contributed by atoms with Crippen LogP contribution in [-0.2, 0) is 16.1 Å². The Morgan fingerprint density at radius 3 is 2.60 bits per heavy atom. The summed E-state index contributed by atoms with van der Waals surface area (Å²) in [5, 5.41) is 10.5. The van der Waals surface area contributed by atoms with E-state index in [1.807, 2.05) is 18.2 Å². The number of carbonyl (C=O) groups excluding carboxylic acids is 2. The van der Waals surface area contributed by atoms with Crippen LogP contribution >= 0.6 is 11.6 Å². The Labute approximate surface area is 240 Å². The van der Waals surface area contributed by atoms with Gasteiger partial charge in [-0.1, -0.05) is 49.1 Å². The summed E-state index contributed by atoms with van der Waals surface area (Å²) in [7, 11) is 0. The van der Waals surface area contributed by atoms with Gasteiger partial charge >= 0.3 is 5.97 Å². The van der Waals surface area contributed by atoms with E-state index in [1.54, 1.807) is 41.0 Å². The van der Waals surface area contributed by atoms with E-state index in [-0.39, 0.29) is 24.5 Å². The van der Waals surface area contributed by atoms with Gasteiger partial charge in [0, 0.05) is 18.0 Å². The van der Waals surface area contributed by atoms with Gasteiger partial charge in [-0.3, -0.25) is 4.79 Å². The molecule has 1 aliphatic carbocycles. The van der Waals surface area contributed by atoms with Crippen LogP contribution in [0.1, 0.15) is 70.3 Å². The molecular formula is C30H39ClN4O5. The maximum Gasteiger partial charge on any atom is 0.331 e. The molecule has 1 amide bonds. The SMILES string of the molecule is CC(O)N(C(=O)CCCCCOc1cccc2c1CN(CC(=O)Oc1ccccc1Cl)C(N)=N2)C1CCCCC1. The first-order valence-electron chi connectivity index (χ1n) is 14.1. The maximum atomic E-state index is 12.8. The third kappa shape index (κ3) is 7.88. The van der Waals surface area contributed by atoms with Crippen molar-refractivity contribution in [2.45, 2.75) is 83.5 Å². The summed E-state index contributed by atoms with van der Waals surface area (Å²) < 4.78 is 11.5. The number of guanidine groups is 1. The summed E-state index contributed by atoms with van der Waals surface area (Å²) in [6.45, 7) is 2.43. The summed E-state index contributed by atoms with van der Waals surface area (Å²) >= 11 is 6.10. The van der Waals surface area contributed by atoms with Crippen molar-refractivity contribution in [3.63, 3.8) is 0 Å². The smallest absolute Gasteiger partial charge is 0.331 e. The number of amides is 1. The highest BCUT2D eigenvalue weighted by molar-refractivity contribution is 6.32. The van der Waals surface area contributed by atoms with Crippen molar-refractivity contribution in [1.29, 1.82) is 0 Å². The second kappa shape index (κ2) is 14.4. The van der Waals surface area contributed by atoms with Gasteiger partial charge in [0.2, 0.25) is 5.91 Å². The molecule has 4 rings (SSSR count). The molecule has 0 saturated heterocycles. The molecule has 9 nitrogen and oxygen atoms in total. The van der Waals surface area contributed by atoms with Gasteiger partial charge in [-0.25, -0.2) is 9.79 Å². The first kappa shape index (κ1) is 29.7. The van der Waals surface area contributed by atoms with Gasteiger partial charge in [-0.05, 0) is 63.3 Å². The van der Waals surface area contributed by atoms with E-state index in [0.29, 0.717) is 41.8 Å². The van der Waals surface area contributed by atoms with E-state index in [0.717, 1.165) is 50.5 Å². The van der Waals surface area contributed by atoms with Crippen molar-refractivity contribution in [3.05, 3.63) is 53.1 Å². The fourth-order valence-corrected chi connectivity index (χ4v) is 5.51. The van der Waals surface area contributed by atoms with Crippen LogP contribution in [0.15, 0.2) is 47.5 Å². The lowest BCUT2D eigenvalue weighted by atomic mass is 9.93. The fraction of sp³-hybridized carbons (Fsp3) is 0.500. The molecule has 216 valence electrons. The number of esters is 1. The number of ether oxygens (including phenoxy) is 2. The molecule has 10 heteroatoms. The predicted octanol–water partition coefficient (Wildman–Crippen LogP) is 5.15. The molecule has 1 unspecified atom stereocenters. The van der Waals surface area contributed by atoms with Crippen molar-refractivity contribution in [3.8, 4) is 11.5 Å². The number of carbonyl (C=O) groups is 2. The minimum atomic E-state index is -0.752. The number of aliphatic hydroxyl groups is 1. The van der Waals surface area contributed by atoms with Gasteiger partial charge in [0.1, 0.15) is 24.3 Å².